The van der Waals surface area contributed by atoms with Crippen molar-refractivity contribution >= 4 is 39.8 Å². The molecule has 0 N–H and O–H groups in total. The number of halogens is 3. The summed E-state index contributed by atoms with van der Waals surface area (Å²) in [6.45, 7) is 45.7. The van der Waals surface area contributed by atoms with Gasteiger partial charge in [0, 0.05) is 12.8 Å². The summed E-state index contributed by atoms with van der Waals surface area (Å²) < 4.78 is 45.7. The van der Waals surface area contributed by atoms with E-state index < -0.39 is 11.7 Å². The van der Waals surface area contributed by atoms with Gasteiger partial charge in [0.2, 0.25) is 0 Å². The van der Waals surface area contributed by atoms with Crippen molar-refractivity contribution in [2.24, 2.45) is 0 Å². The molecule has 0 aromatic heterocycles. The van der Waals surface area contributed by atoms with Crippen LogP contribution in [0.4, 0.5) is 53.0 Å². The molecule has 0 saturated heterocycles. The van der Waals surface area contributed by atoms with Crippen molar-refractivity contribution in [3.05, 3.63) is 164 Å². The van der Waals surface area contributed by atoms with Gasteiger partial charge in [0.25, 0.3) is 0 Å². The lowest BCUT2D eigenvalue weighted by Gasteiger charge is -2.45. The minimum absolute atomic E-state index is 0.0249. The van der Waals surface area contributed by atoms with Crippen LogP contribution < -0.4 is 9.80 Å². The first-order valence-corrected chi connectivity index (χ1v) is 22.2. The van der Waals surface area contributed by atoms with Crippen LogP contribution in [0.5, 0.6) is 0 Å². The first kappa shape index (κ1) is 43.8. The molecule has 6 aromatic carbocycles. The van der Waals surface area contributed by atoms with Crippen molar-refractivity contribution in [2.45, 2.75) is 137 Å². The van der Waals surface area contributed by atoms with Gasteiger partial charge < -0.3 is 9.80 Å². The maximum Gasteiger partial charge on any atom is 0.415 e. The van der Waals surface area contributed by atoms with Gasteiger partial charge in [-0.2, -0.15) is 13.2 Å². The van der Waals surface area contributed by atoms with Crippen molar-refractivity contribution in [3.8, 4) is 11.1 Å². The second kappa shape index (κ2) is 14.9. The lowest BCUT2D eigenvalue weighted by molar-refractivity contribution is -0.137. The molecule has 0 radical (unpaired) electrons. The van der Waals surface area contributed by atoms with Crippen LogP contribution in [-0.4, -0.2) is 0 Å². The number of alkyl halides is 3. The Morgan fingerprint density at radius 3 is 1.14 bits per heavy atom. The van der Waals surface area contributed by atoms with Crippen LogP contribution in [0, 0.1) is 124 Å². The highest BCUT2D eigenvalue weighted by atomic mass is 19.4. The first-order chi connectivity index (χ1) is 29.5. The predicted molar refractivity (Wildman–Crippen MR) is 259 cm³/mol. The van der Waals surface area contributed by atoms with E-state index in [-0.39, 0.29) is 11.3 Å². The molecule has 0 amide bonds. The minimum atomic E-state index is -4.68. The van der Waals surface area contributed by atoms with Gasteiger partial charge in [0.05, 0.1) is 46.3 Å². The van der Waals surface area contributed by atoms with Crippen LogP contribution in [0.2, 0.25) is 0 Å². The Bertz CT molecular complexity index is 2940. The average Bonchev–Trinajstić information content (AvgIpc) is 3.26. The Morgan fingerprint density at radius 1 is 0.444 bits per heavy atom. The van der Waals surface area contributed by atoms with E-state index in [0.717, 1.165) is 69.7 Å². The standard InChI is InChI=1S/C57H60F3N3/c1-26-22-43(51-48(57(58,59)60)20-19-21-49(51)61-18)23-50(62-53-39(14)31(6)27(2)35(10)44(53)24-45-36(11)28(3)32(7)40(15)54(45)62)52(26)63-55-41(16)33(8)29(4)37(12)46(55)25-47-38(13)30(5)34(9)42(17)56(47)63/h19-23H,24-25H2,1-17H3. The molecule has 0 atom stereocenters. The summed E-state index contributed by atoms with van der Waals surface area (Å²) in [5, 5.41) is 0. The van der Waals surface area contributed by atoms with Crippen LogP contribution in [0.15, 0.2) is 30.3 Å². The molecule has 8 rings (SSSR count). The predicted octanol–water partition coefficient (Wildman–Crippen LogP) is 16.9. The summed E-state index contributed by atoms with van der Waals surface area (Å²) in [6.07, 6.45) is -3.15. The number of anilines is 6. The summed E-state index contributed by atoms with van der Waals surface area (Å²) in [5.74, 6) is 0. The topological polar surface area (TPSA) is 10.8 Å². The largest absolute Gasteiger partial charge is 0.415 e. The quantitative estimate of drug-likeness (QED) is 0.164. The number of rotatable bonds is 3. The molecular formula is C57H60F3N3. The van der Waals surface area contributed by atoms with E-state index >= 15 is 13.2 Å². The lowest BCUT2D eigenvalue weighted by Crippen LogP contribution is -2.29. The highest BCUT2D eigenvalue weighted by molar-refractivity contribution is 6.03. The van der Waals surface area contributed by atoms with Crippen molar-refractivity contribution < 1.29 is 13.2 Å². The lowest BCUT2D eigenvalue weighted by atomic mass is 9.79. The number of benzene rings is 6. The van der Waals surface area contributed by atoms with Gasteiger partial charge in [-0.25, -0.2) is 4.85 Å². The molecule has 2 aliphatic heterocycles. The van der Waals surface area contributed by atoms with E-state index in [0.29, 0.717) is 5.56 Å². The zero-order chi connectivity index (χ0) is 46.2. The molecule has 6 aromatic rings. The van der Waals surface area contributed by atoms with E-state index in [9.17, 15) is 0 Å². The number of nitrogens with zero attached hydrogens (tertiary/aromatic N) is 3. The van der Waals surface area contributed by atoms with Gasteiger partial charge in [0.1, 0.15) is 0 Å². The van der Waals surface area contributed by atoms with E-state index in [1.165, 1.54) is 112 Å². The molecule has 0 spiro atoms. The average molecular weight is 844 g/mol. The van der Waals surface area contributed by atoms with Crippen LogP contribution in [0.1, 0.15) is 122 Å². The van der Waals surface area contributed by atoms with Gasteiger partial charge in [-0.15, -0.1) is 0 Å². The summed E-state index contributed by atoms with van der Waals surface area (Å²) in [4.78, 5) is 8.66. The van der Waals surface area contributed by atoms with Crippen molar-refractivity contribution in [3.63, 3.8) is 0 Å². The third kappa shape index (κ3) is 6.12. The Hall–Kier alpha value is -5.80. The van der Waals surface area contributed by atoms with Crippen molar-refractivity contribution in [2.75, 3.05) is 9.80 Å². The highest BCUT2D eigenvalue weighted by Crippen LogP contribution is 2.60. The van der Waals surface area contributed by atoms with E-state index in [2.05, 4.69) is 132 Å². The molecule has 2 aliphatic rings. The Kier molecular flexibility index (Phi) is 10.4. The smallest absolute Gasteiger partial charge is 0.307 e. The summed E-state index contributed by atoms with van der Waals surface area (Å²) >= 11 is 0. The molecule has 324 valence electrons. The molecular weight excluding hydrogens is 784 g/mol. The summed E-state index contributed by atoms with van der Waals surface area (Å²) in [7, 11) is 0. The van der Waals surface area contributed by atoms with Crippen LogP contribution in [-0.2, 0) is 19.0 Å². The fourth-order valence-electron chi connectivity index (χ4n) is 11.1. The Labute approximate surface area is 373 Å². The number of hydrogen-bond acceptors (Lipinski definition) is 2. The van der Waals surface area contributed by atoms with E-state index in [1.807, 2.05) is 12.1 Å². The SMILES string of the molecule is [C-]#[N+]c1cccc(C(F)(F)F)c1-c1cc(C)c(N2c3c(C)c(C)c(C)c(C)c3Cc3c(C)c(C)c(C)c(C)c32)c(N2c3c(C)c(C)c(C)c(C)c3Cc3c(C)c(C)c(C)c(C)c32)c1. The van der Waals surface area contributed by atoms with E-state index in [1.54, 1.807) is 0 Å². The van der Waals surface area contributed by atoms with Crippen LogP contribution >= 0.6 is 0 Å². The number of fused-ring (bicyclic) bond motifs is 4. The van der Waals surface area contributed by atoms with Gasteiger partial charge in [-0.3, -0.25) is 0 Å². The second-order valence-electron chi connectivity index (χ2n) is 18.8. The molecule has 0 saturated carbocycles. The fraction of sp³-hybridized carbons (Fsp3) is 0.351. The zero-order valence-electron chi connectivity index (χ0n) is 40.3. The summed E-state index contributed by atoms with van der Waals surface area (Å²) in [6, 6.07) is 7.86. The molecule has 3 nitrogen and oxygen atoms in total. The third-order valence-electron chi connectivity index (χ3n) is 16.2. The molecule has 2 heterocycles. The van der Waals surface area contributed by atoms with E-state index in [4.69, 9.17) is 6.57 Å². The third-order valence-corrected chi connectivity index (χ3v) is 16.2. The Balaban J connectivity index is 1.67. The fourth-order valence-corrected chi connectivity index (χ4v) is 11.1. The van der Waals surface area contributed by atoms with Crippen LogP contribution in [0.3, 0.4) is 0 Å². The van der Waals surface area contributed by atoms with Crippen molar-refractivity contribution in [1.29, 1.82) is 0 Å². The normalized spacial score (nSPS) is 13.2. The molecule has 0 aliphatic carbocycles. The van der Waals surface area contributed by atoms with Gasteiger partial charge >= 0.3 is 6.18 Å². The second-order valence-corrected chi connectivity index (χ2v) is 18.8. The molecule has 0 fully saturated rings. The highest BCUT2D eigenvalue weighted by Gasteiger charge is 2.40. The van der Waals surface area contributed by atoms with Gasteiger partial charge in [-0.05, 0) is 252 Å². The summed E-state index contributed by atoms with van der Waals surface area (Å²) in [5.41, 5.74) is 31.1. The van der Waals surface area contributed by atoms with Crippen molar-refractivity contribution in [1.82, 2.24) is 0 Å². The Morgan fingerprint density at radius 2 is 0.794 bits per heavy atom. The molecule has 63 heavy (non-hydrogen) atoms. The number of hydrogen-bond donors (Lipinski definition) is 0. The minimum Gasteiger partial charge on any atom is -0.307 e. The molecule has 0 unspecified atom stereocenters. The monoisotopic (exact) mass is 843 g/mol. The van der Waals surface area contributed by atoms with Gasteiger partial charge in [-0.1, -0.05) is 24.3 Å². The van der Waals surface area contributed by atoms with Crippen LogP contribution in [0.25, 0.3) is 16.0 Å². The molecule has 6 heteroatoms. The van der Waals surface area contributed by atoms with Gasteiger partial charge in [0.15, 0.2) is 5.69 Å². The first-order valence-electron chi connectivity index (χ1n) is 22.2. The maximum atomic E-state index is 15.2. The number of aryl methyl sites for hydroxylation is 1. The maximum absolute atomic E-state index is 15.2. The zero-order valence-corrected chi connectivity index (χ0v) is 40.3. The molecule has 0 bridgehead atoms.